The largest absolute Gasteiger partial charge is 0.416 e. The van der Waals surface area contributed by atoms with Crippen LogP contribution in [-0.4, -0.2) is 5.29 Å². The summed E-state index contributed by atoms with van der Waals surface area (Å²) in [6, 6.07) is 6.10. The molecule has 1 nitrogen and oxygen atoms in total. The Bertz CT molecular complexity index is 592. The van der Waals surface area contributed by atoms with Crippen LogP contribution in [0.25, 0.3) is 0 Å². The van der Waals surface area contributed by atoms with Gasteiger partial charge in [0.25, 0.3) is 0 Å². The van der Waals surface area contributed by atoms with Crippen LogP contribution in [0.1, 0.15) is 43.4 Å². The van der Waals surface area contributed by atoms with Crippen molar-refractivity contribution in [3.63, 3.8) is 0 Å². The summed E-state index contributed by atoms with van der Waals surface area (Å²) < 4.78 is 39.1. The molecule has 0 amide bonds. The molecule has 0 heterocycles. The zero-order valence-corrected chi connectivity index (χ0v) is 12.3. The maximum absolute atomic E-state index is 13.0. The number of hydrogen-bond acceptors (Lipinski definition) is 1. The number of nitriles is 1. The molecular weight excluding hydrogens is 282 g/mol. The Morgan fingerprint density at radius 3 is 2.30 bits per heavy atom. The van der Waals surface area contributed by atoms with Crippen LogP contribution in [0.3, 0.4) is 0 Å². The predicted octanol–water partition coefficient (Wildman–Crippen LogP) is 4.58. The first-order valence-corrected chi connectivity index (χ1v) is 6.92. The van der Waals surface area contributed by atoms with E-state index >= 15 is 0 Å². The van der Waals surface area contributed by atoms with Crippen molar-refractivity contribution in [2.75, 3.05) is 0 Å². The molecule has 2 rings (SSSR count). The van der Waals surface area contributed by atoms with Gasteiger partial charge in [0.1, 0.15) is 0 Å². The van der Waals surface area contributed by atoms with Gasteiger partial charge in [-0.1, -0.05) is 13.8 Å². The molecule has 1 aromatic rings. The van der Waals surface area contributed by atoms with Crippen LogP contribution in [0.4, 0.5) is 13.2 Å². The lowest BCUT2D eigenvalue weighted by atomic mass is 9.91. The summed E-state index contributed by atoms with van der Waals surface area (Å²) in [5.41, 5.74) is -0.438. The average molecular weight is 297 g/mol. The summed E-state index contributed by atoms with van der Waals surface area (Å²) >= 11 is 0. The molecule has 0 spiro atoms. The Morgan fingerprint density at radius 1 is 1.30 bits per heavy atom. The van der Waals surface area contributed by atoms with Crippen molar-refractivity contribution in [2.45, 2.75) is 38.3 Å². The average Bonchev–Trinajstić information content (AvgIpc) is 3.17. The number of benzene rings is 1. The van der Waals surface area contributed by atoms with Crippen LogP contribution >= 0.6 is 8.86 Å². The number of alkyl halides is 3. The van der Waals surface area contributed by atoms with Crippen molar-refractivity contribution >= 4 is 14.2 Å². The Balaban J connectivity index is 2.57. The number of nitrogens with zero attached hydrogens (tertiary/aromatic N) is 1. The quantitative estimate of drug-likeness (QED) is 0.749. The third-order valence-electron chi connectivity index (χ3n) is 3.67. The first kappa shape index (κ1) is 15.1. The molecule has 1 aliphatic carbocycles. The predicted molar refractivity (Wildman–Crippen MR) is 75.2 cm³/mol. The highest BCUT2D eigenvalue weighted by Gasteiger charge is 2.46. The molecule has 1 saturated carbocycles. The van der Waals surface area contributed by atoms with E-state index in [1.54, 1.807) is 6.07 Å². The van der Waals surface area contributed by atoms with Crippen LogP contribution in [0.15, 0.2) is 18.2 Å². The van der Waals surface area contributed by atoms with E-state index in [0.29, 0.717) is 29.3 Å². The number of hydrogen-bond donors (Lipinski definition) is 0. The minimum absolute atomic E-state index is 0.0836. The van der Waals surface area contributed by atoms with E-state index in [1.807, 2.05) is 13.8 Å². The minimum Gasteiger partial charge on any atom is -0.197 e. The lowest BCUT2D eigenvalue weighted by molar-refractivity contribution is -0.137. The van der Waals surface area contributed by atoms with Gasteiger partial charge in [0, 0.05) is 0 Å². The van der Waals surface area contributed by atoms with Gasteiger partial charge in [0.15, 0.2) is 0 Å². The third-order valence-corrected chi connectivity index (χ3v) is 4.53. The summed E-state index contributed by atoms with van der Waals surface area (Å²) in [6.07, 6.45) is -3.15. The lowest BCUT2D eigenvalue weighted by Crippen LogP contribution is -2.14. The van der Waals surface area contributed by atoms with E-state index in [2.05, 4.69) is 14.9 Å². The summed E-state index contributed by atoms with van der Waals surface area (Å²) in [6.45, 7) is 3.80. The van der Waals surface area contributed by atoms with Crippen molar-refractivity contribution in [1.82, 2.24) is 0 Å². The molecule has 0 radical (unpaired) electrons. The summed E-state index contributed by atoms with van der Waals surface area (Å²) in [4.78, 5) is 0. The molecule has 106 valence electrons. The molecular formula is C15H15F3NP. The highest BCUT2D eigenvalue weighted by Crippen LogP contribution is 2.49. The van der Waals surface area contributed by atoms with Gasteiger partial charge in [-0.05, 0) is 53.4 Å². The van der Waals surface area contributed by atoms with Gasteiger partial charge in [-0.2, -0.15) is 18.4 Å². The zero-order valence-electron chi connectivity index (χ0n) is 11.3. The topological polar surface area (TPSA) is 23.8 Å². The van der Waals surface area contributed by atoms with Gasteiger partial charge < -0.3 is 0 Å². The van der Waals surface area contributed by atoms with Crippen molar-refractivity contribution in [2.24, 2.45) is 5.92 Å². The van der Waals surface area contributed by atoms with Crippen LogP contribution in [0.5, 0.6) is 0 Å². The van der Waals surface area contributed by atoms with Crippen LogP contribution in [-0.2, 0) is 11.6 Å². The zero-order chi connectivity index (χ0) is 15.1. The van der Waals surface area contributed by atoms with E-state index in [0.717, 1.165) is 12.1 Å². The van der Waals surface area contributed by atoms with Gasteiger partial charge >= 0.3 is 6.18 Å². The van der Waals surface area contributed by atoms with Crippen LogP contribution in [0.2, 0.25) is 0 Å². The van der Waals surface area contributed by atoms with Crippen molar-refractivity contribution in [1.29, 1.82) is 5.26 Å². The second-order valence-corrected chi connectivity index (χ2v) is 6.10. The van der Waals surface area contributed by atoms with E-state index in [9.17, 15) is 18.4 Å². The maximum Gasteiger partial charge on any atom is 0.416 e. The summed E-state index contributed by atoms with van der Waals surface area (Å²) in [5, 5.41) is 9.91. The first-order valence-electron chi connectivity index (χ1n) is 6.42. The molecule has 0 unspecified atom stereocenters. The fraction of sp³-hybridized carbons (Fsp3) is 0.467. The standard InChI is InChI=1S/C15H15F3NP/c1-9(2)13(20)10-5-11(14(8-19)3-4-14)7-12(6-10)15(16,17)18/h5-7,9,20H,3-4H2,1-2H3. The van der Waals surface area contributed by atoms with E-state index < -0.39 is 17.2 Å². The first-order chi connectivity index (χ1) is 9.19. The summed E-state index contributed by atoms with van der Waals surface area (Å²) in [7, 11) is 3.42. The minimum atomic E-state index is -4.40. The highest BCUT2D eigenvalue weighted by molar-refractivity contribution is 7.22. The highest BCUT2D eigenvalue weighted by atomic mass is 31.0. The van der Waals surface area contributed by atoms with Crippen molar-refractivity contribution < 1.29 is 13.2 Å². The molecule has 0 aromatic heterocycles. The van der Waals surface area contributed by atoms with Gasteiger partial charge in [-0.25, -0.2) is 0 Å². The molecule has 0 atom stereocenters. The number of halogens is 3. The van der Waals surface area contributed by atoms with E-state index in [-0.39, 0.29) is 5.92 Å². The fourth-order valence-electron chi connectivity index (χ4n) is 2.15. The van der Waals surface area contributed by atoms with Gasteiger partial charge in [0.05, 0.1) is 17.0 Å². The Labute approximate surface area is 118 Å². The van der Waals surface area contributed by atoms with Gasteiger partial charge in [0.2, 0.25) is 0 Å². The third kappa shape index (κ3) is 2.74. The SMILES string of the molecule is CC(C)C(=P)c1cc(C(F)(F)F)cc(C2(C#N)CC2)c1. The molecule has 0 N–H and O–H groups in total. The molecule has 0 aliphatic heterocycles. The summed E-state index contributed by atoms with van der Waals surface area (Å²) in [5.74, 6) is 0.0836. The normalized spacial score (nSPS) is 16.9. The van der Waals surface area contributed by atoms with Gasteiger partial charge in [-0.15, -0.1) is 8.86 Å². The molecule has 1 fully saturated rings. The fourth-order valence-corrected chi connectivity index (χ4v) is 2.29. The molecule has 5 heteroatoms. The second-order valence-electron chi connectivity index (χ2n) is 5.56. The molecule has 0 bridgehead atoms. The monoisotopic (exact) mass is 297 g/mol. The smallest absolute Gasteiger partial charge is 0.197 e. The second kappa shape index (κ2) is 4.90. The Hall–Kier alpha value is -1.33. The van der Waals surface area contributed by atoms with E-state index in [1.165, 1.54) is 0 Å². The number of rotatable bonds is 3. The molecule has 0 saturated heterocycles. The van der Waals surface area contributed by atoms with Gasteiger partial charge in [-0.3, -0.25) is 0 Å². The van der Waals surface area contributed by atoms with Crippen LogP contribution < -0.4 is 0 Å². The molecule has 1 aliphatic rings. The molecule has 20 heavy (non-hydrogen) atoms. The van der Waals surface area contributed by atoms with Crippen LogP contribution in [0, 0.1) is 17.2 Å². The Morgan fingerprint density at radius 2 is 1.90 bits per heavy atom. The van der Waals surface area contributed by atoms with Crippen molar-refractivity contribution in [3.8, 4) is 6.07 Å². The van der Waals surface area contributed by atoms with E-state index in [4.69, 9.17) is 0 Å². The molecule has 1 aromatic carbocycles. The van der Waals surface area contributed by atoms with Crippen molar-refractivity contribution in [3.05, 3.63) is 34.9 Å². The lowest BCUT2D eigenvalue weighted by Gasteiger charge is -2.17. The Kier molecular flexibility index (Phi) is 3.69. The maximum atomic E-state index is 13.0.